The van der Waals surface area contributed by atoms with E-state index in [1.807, 2.05) is 0 Å². The predicted molar refractivity (Wildman–Crippen MR) is 101 cm³/mol. The summed E-state index contributed by atoms with van der Waals surface area (Å²) in [6.07, 6.45) is 2.31. The molecule has 2 bridgehead atoms. The number of hydrogen-bond donors (Lipinski definition) is 0. The Balaban J connectivity index is 1.50. The molecule has 4 rings (SSSR count). The van der Waals surface area contributed by atoms with Crippen molar-refractivity contribution in [3.8, 4) is 5.75 Å². The molecule has 0 spiro atoms. The molecule has 136 valence electrons. The van der Waals surface area contributed by atoms with Crippen LogP contribution in [0.15, 0.2) is 29.4 Å². The van der Waals surface area contributed by atoms with Gasteiger partial charge in [-0.05, 0) is 42.5 Å². The van der Waals surface area contributed by atoms with Gasteiger partial charge in [0, 0.05) is 16.9 Å². The van der Waals surface area contributed by atoms with Gasteiger partial charge in [0.25, 0.3) is 0 Å². The van der Waals surface area contributed by atoms with Crippen molar-refractivity contribution in [2.45, 2.75) is 50.1 Å². The number of carbonyl (C=O) groups excluding carboxylic acids is 1. The van der Waals surface area contributed by atoms with Gasteiger partial charge in [-0.25, -0.2) is 4.98 Å². The van der Waals surface area contributed by atoms with E-state index in [-0.39, 0.29) is 16.6 Å². The summed E-state index contributed by atoms with van der Waals surface area (Å²) in [5.41, 5.74) is 3.04. The maximum atomic E-state index is 12.4. The van der Waals surface area contributed by atoms with Crippen LogP contribution in [0.2, 0.25) is 0 Å². The molecule has 0 saturated heterocycles. The summed E-state index contributed by atoms with van der Waals surface area (Å²) in [5.74, 6) is 1.54. The Hall–Kier alpha value is -1.95. The summed E-state index contributed by atoms with van der Waals surface area (Å²) < 4.78 is 5.13. The SMILES string of the molecule is COc1ccc(C(=O)CSc2nnc3c(n2)[C@]2(C)CC[C@H]3C2(C)C)cc1. The van der Waals surface area contributed by atoms with Gasteiger partial charge in [-0.15, -0.1) is 5.10 Å². The number of aromatic nitrogens is 3. The molecule has 0 unspecified atom stereocenters. The first-order valence-corrected chi connectivity index (χ1v) is 9.90. The minimum atomic E-state index is 0.0508. The van der Waals surface area contributed by atoms with Gasteiger partial charge in [0.15, 0.2) is 5.78 Å². The number of hydrogen-bond acceptors (Lipinski definition) is 6. The second-order valence-corrected chi connectivity index (χ2v) is 8.86. The van der Waals surface area contributed by atoms with Crippen LogP contribution < -0.4 is 4.74 Å². The van der Waals surface area contributed by atoms with Gasteiger partial charge in [-0.2, -0.15) is 5.10 Å². The lowest BCUT2D eigenvalue weighted by Gasteiger charge is -2.33. The van der Waals surface area contributed by atoms with Gasteiger partial charge >= 0.3 is 0 Å². The fourth-order valence-corrected chi connectivity index (χ4v) is 5.10. The summed E-state index contributed by atoms with van der Waals surface area (Å²) >= 11 is 1.36. The number of methoxy groups -OCH3 is 1. The standard InChI is InChI=1S/C20H23N3O2S/c1-19(2)14-9-10-20(19,3)17-16(14)22-23-18(21-17)26-11-15(24)12-5-7-13(25-4)8-6-12/h5-8,14H,9-11H2,1-4H3/t14-,20+/m1/s1. The number of rotatable bonds is 5. The Morgan fingerprint density at radius 1 is 1.23 bits per heavy atom. The first kappa shape index (κ1) is 17.5. The minimum Gasteiger partial charge on any atom is -0.497 e. The molecule has 0 aliphatic heterocycles. The van der Waals surface area contributed by atoms with Crippen LogP contribution >= 0.6 is 11.8 Å². The topological polar surface area (TPSA) is 65.0 Å². The van der Waals surface area contributed by atoms with E-state index in [0.717, 1.165) is 30.0 Å². The zero-order valence-corrected chi connectivity index (χ0v) is 16.4. The highest BCUT2D eigenvalue weighted by Crippen LogP contribution is 2.66. The molecule has 0 radical (unpaired) electrons. The molecule has 1 aromatic heterocycles. The van der Waals surface area contributed by atoms with Crippen LogP contribution in [0, 0.1) is 5.41 Å². The van der Waals surface area contributed by atoms with Crippen molar-refractivity contribution in [1.29, 1.82) is 0 Å². The van der Waals surface area contributed by atoms with Crippen molar-refractivity contribution in [2.75, 3.05) is 12.9 Å². The minimum absolute atomic E-state index is 0.0508. The van der Waals surface area contributed by atoms with E-state index in [0.29, 0.717) is 22.4 Å². The number of carbonyl (C=O) groups is 1. The van der Waals surface area contributed by atoms with Gasteiger partial charge in [-0.3, -0.25) is 4.79 Å². The highest BCUT2D eigenvalue weighted by Gasteiger charge is 2.61. The molecular formula is C20H23N3O2S. The van der Waals surface area contributed by atoms with Crippen LogP contribution in [0.4, 0.5) is 0 Å². The first-order valence-electron chi connectivity index (χ1n) is 8.92. The average molecular weight is 369 g/mol. The van der Waals surface area contributed by atoms with Crippen molar-refractivity contribution >= 4 is 17.5 Å². The van der Waals surface area contributed by atoms with E-state index >= 15 is 0 Å². The molecule has 1 saturated carbocycles. The lowest BCUT2D eigenvalue weighted by molar-refractivity contribution is 0.102. The fraction of sp³-hybridized carbons (Fsp3) is 0.500. The Labute approximate surface area is 158 Å². The maximum Gasteiger partial charge on any atom is 0.209 e. The summed E-state index contributed by atoms with van der Waals surface area (Å²) in [6.45, 7) is 6.92. The Morgan fingerprint density at radius 3 is 2.65 bits per heavy atom. The molecule has 2 aliphatic carbocycles. The Morgan fingerprint density at radius 2 is 1.96 bits per heavy atom. The van der Waals surface area contributed by atoms with Crippen LogP contribution in [-0.4, -0.2) is 33.8 Å². The van der Waals surface area contributed by atoms with Gasteiger partial charge < -0.3 is 4.74 Å². The Kier molecular flexibility index (Phi) is 4.06. The van der Waals surface area contributed by atoms with E-state index in [4.69, 9.17) is 9.72 Å². The average Bonchev–Trinajstić information content (AvgIpc) is 2.98. The summed E-state index contributed by atoms with van der Waals surface area (Å²) in [4.78, 5) is 17.2. The molecular weight excluding hydrogens is 346 g/mol. The number of nitrogens with zero attached hydrogens (tertiary/aromatic N) is 3. The molecule has 0 amide bonds. The van der Waals surface area contributed by atoms with Crippen LogP contribution in [-0.2, 0) is 5.41 Å². The van der Waals surface area contributed by atoms with E-state index in [9.17, 15) is 4.79 Å². The largest absolute Gasteiger partial charge is 0.497 e. The Bertz CT molecular complexity index is 866. The number of thioether (sulfide) groups is 1. The first-order chi connectivity index (χ1) is 12.4. The third kappa shape index (κ3) is 2.46. The fourth-order valence-electron chi connectivity index (χ4n) is 4.41. The molecule has 1 heterocycles. The normalized spacial score (nSPS) is 25.2. The monoisotopic (exact) mass is 369 g/mol. The molecule has 2 atom stereocenters. The third-order valence-electron chi connectivity index (χ3n) is 6.52. The second-order valence-electron chi connectivity index (χ2n) is 7.91. The second kappa shape index (κ2) is 6.05. The lowest BCUT2D eigenvalue weighted by Crippen LogP contribution is -2.32. The number of benzene rings is 1. The number of ether oxygens (including phenoxy) is 1. The van der Waals surface area contributed by atoms with E-state index in [1.165, 1.54) is 11.8 Å². The van der Waals surface area contributed by atoms with Crippen LogP contribution in [0.1, 0.15) is 61.3 Å². The molecule has 2 aliphatic rings. The highest BCUT2D eigenvalue weighted by atomic mass is 32.2. The van der Waals surface area contributed by atoms with Gasteiger partial charge in [0.1, 0.15) is 5.75 Å². The van der Waals surface area contributed by atoms with E-state index in [2.05, 4.69) is 31.0 Å². The molecule has 5 nitrogen and oxygen atoms in total. The van der Waals surface area contributed by atoms with Crippen molar-refractivity contribution in [3.63, 3.8) is 0 Å². The van der Waals surface area contributed by atoms with E-state index in [1.54, 1.807) is 31.4 Å². The van der Waals surface area contributed by atoms with Gasteiger partial charge in [-0.1, -0.05) is 32.5 Å². The van der Waals surface area contributed by atoms with Crippen molar-refractivity contribution < 1.29 is 9.53 Å². The molecule has 6 heteroatoms. The van der Waals surface area contributed by atoms with Gasteiger partial charge in [0.2, 0.25) is 5.16 Å². The van der Waals surface area contributed by atoms with Crippen molar-refractivity contribution in [2.24, 2.45) is 5.41 Å². The molecule has 2 aromatic rings. The number of fused-ring (bicyclic) bond motifs is 5. The number of Topliss-reactive ketones (excluding diaryl/α,β-unsaturated/α-hetero) is 1. The third-order valence-corrected chi connectivity index (χ3v) is 7.35. The van der Waals surface area contributed by atoms with Crippen LogP contribution in [0.25, 0.3) is 0 Å². The highest BCUT2D eigenvalue weighted by molar-refractivity contribution is 7.99. The molecule has 1 aromatic carbocycles. The van der Waals surface area contributed by atoms with Gasteiger partial charge in [0.05, 0.1) is 24.3 Å². The quantitative estimate of drug-likeness (QED) is 0.586. The van der Waals surface area contributed by atoms with Crippen LogP contribution in [0.3, 0.4) is 0 Å². The zero-order chi connectivity index (χ0) is 18.5. The van der Waals surface area contributed by atoms with Crippen molar-refractivity contribution in [3.05, 3.63) is 41.2 Å². The zero-order valence-electron chi connectivity index (χ0n) is 15.6. The predicted octanol–water partition coefficient (Wildman–Crippen LogP) is 4.03. The lowest BCUT2D eigenvalue weighted by atomic mass is 9.70. The summed E-state index contributed by atoms with van der Waals surface area (Å²) in [5, 5.41) is 9.38. The smallest absolute Gasteiger partial charge is 0.209 e. The molecule has 26 heavy (non-hydrogen) atoms. The molecule has 0 N–H and O–H groups in total. The summed E-state index contributed by atoms with van der Waals surface area (Å²) in [7, 11) is 1.61. The summed E-state index contributed by atoms with van der Waals surface area (Å²) in [6, 6.07) is 7.16. The number of ketones is 1. The van der Waals surface area contributed by atoms with Crippen molar-refractivity contribution in [1.82, 2.24) is 15.2 Å². The van der Waals surface area contributed by atoms with E-state index < -0.39 is 0 Å². The van der Waals surface area contributed by atoms with Crippen LogP contribution in [0.5, 0.6) is 5.75 Å². The molecule has 1 fully saturated rings. The maximum absolute atomic E-state index is 12.4.